The molecule has 0 radical (unpaired) electrons. The monoisotopic (exact) mass is 804 g/mol. The zero-order valence-electron chi connectivity index (χ0n) is 34.0. The van der Waals surface area contributed by atoms with Gasteiger partial charge < -0.3 is 4.42 Å². The molecule has 0 unspecified atom stereocenters. The second-order valence-corrected chi connectivity index (χ2v) is 15.8. The molecule has 0 saturated carbocycles. The third-order valence-electron chi connectivity index (χ3n) is 11.9. The van der Waals surface area contributed by atoms with Crippen LogP contribution < -0.4 is 0 Å². The van der Waals surface area contributed by atoms with Crippen molar-refractivity contribution < 1.29 is 4.42 Å². The van der Waals surface area contributed by atoms with E-state index in [0.717, 1.165) is 105 Å². The van der Waals surface area contributed by atoms with Crippen molar-refractivity contribution in [3.8, 4) is 78.8 Å². The quantitative estimate of drug-likeness (QED) is 0.150. The van der Waals surface area contributed by atoms with E-state index in [4.69, 9.17) is 24.4 Å². The van der Waals surface area contributed by atoms with E-state index in [0.29, 0.717) is 17.5 Å². The number of hydrogen-bond donors (Lipinski definition) is 0. The van der Waals surface area contributed by atoms with Crippen LogP contribution in [0.25, 0.3) is 122 Å². The molecular formula is C58H36N4O. The Hall–Kier alpha value is -8.54. The van der Waals surface area contributed by atoms with Gasteiger partial charge in [0.2, 0.25) is 0 Å². The minimum Gasteiger partial charge on any atom is -0.456 e. The normalized spacial score (nSPS) is 11.5. The summed E-state index contributed by atoms with van der Waals surface area (Å²) >= 11 is 0. The zero-order valence-corrected chi connectivity index (χ0v) is 34.0. The van der Waals surface area contributed by atoms with Crippen LogP contribution in [0.3, 0.4) is 0 Å². The second kappa shape index (κ2) is 15.2. The van der Waals surface area contributed by atoms with Gasteiger partial charge in [0.05, 0.1) is 11.2 Å². The van der Waals surface area contributed by atoms with Gasteiger partial charge in [-0.05, 0) is 58.1 Å². The molecule has 0 aliphatic carbocycles. The standard InChI is InChI=1S/C58H36N4O/c1-4-16-37(17-5-1)42-22-14-24-44(34-42)57-60-56(61-58(62-57)45-25-15-23-43(35-45)38-18-6-2-7-19-38)41-32-30-40(31-33-41)55-48-36-51-54(47-27-11-13-29-50(47)63-51)52(39-20-8-3-9-21-39)53(48)46-26-10-12-28-49(46)59-55/h1-36H. The molecule has 9 aromatic carbocycles. The van der Waals surface area contributed by atoms with Crippen LogP contribution in [0.5, 0.6) is 0 Å². The molecule has 3 heterocycles. The first-order valence-electron chi connectivity index (χ1n) is 21.1. The zero-order chi connectivity index (χ0) is 41.7. The van der Waals surface area contributed by atoms with E-state index in [9.17, 15) is 0 Å². The minimum atomic E-state index is 0.587. The fourth-order valence-corrected chi connectivity index (χ4v) is 8.91. The molecule has 294 valence electrons. The number of aromatic nitrogens is 4. The second-order valence-electron chi connectivity index (χ2n) is 15.8. The topological polar surface area (TPSA) is 64.7 Å². The molecule has 63 heavy (non-hydrogen) atoms. The minimum absolute atomic E-state index is 0.587. The Morgan fingerprint density at radius 1 is 0.270 bits per heavy atom. The van der Waals surface area contributed by atoms with E-state index in [2.05, 4.69) is 194 Å². The summed E-state index contributed by atoms with van der Waals surface area (Å²) in [5.41, 5.74) is 13.9. The molecule has 12 aromatic rings. The molecule has 5 heteroatoms. The summed E-state index contributed by atoms with van der Waals surface area (Å²) < 4.78 is 6.61. The van der Waals surface area contributed by atoms with Gasteiger partial charge in [-0.25, -0.2) is 19.9 Å². The number of para-hydroxylation sites is 2. The lowest BCUT2D eigenvalue weighted by Crippen LogP contribution is -2.00. The maximum Gasteiger partial charge on any atom is 0.164 e. The van der Waals surface area contributed by atoms with Gasteiger partial charge in [-0.2, -0.15) is 0 Å². The fraction of sp³-hybridized carbons (Fsp3) is 0. The molecule has 0 atom stereocenters. The van der Waals surface area contributed by atoms with Crippen molar-refractivity contribution in [3.05, 3.63) is 218 Å². The highest BCUT2D eigenvalue weighted by Crippen LogP contribution is 2.46. The van der Waals surface area contributed by atoms with Gasteiger partial charge in [0.1, 0.15) is 11.2 Å². The molecule has 0 aliphatic heterocycles. The molecule has 0 bridgehead atoms. The van der Waals surface area contributed by atoms with Crippen molar-refractivity contribution in [1.82, 2.24) is 19.9 Å². The Kier molecular flexibility index (Phi) is 8.75. The van der Waals surface area contributed by atoms with E-state index in [1.165, 1.54) is 0 Å². The smallest absolute Gasteiger partial charge is 0.164 e. The molecule has 0 N–H and O–H groups in total. The first-order valence-corrected chi connectivity index (χ1v) is 21.1. The van der Waals surface area contributed by atoms with Crippen LogP contribution in [0.15, 0.2) is 223 Å². The molecule has 0 fully saturated rings. The summed E-state index contributed by atoms with van der Waals surface area (Å²) in [6.07, 6.45) is 0. The average molecular weight is 805 g/mol. The molecule has 3 aromatic heterocycles. The molecule has 0 spiro atoms. The number of benzene rings is 9. The van der Waals surface area contributed by atoms with Gasteiger partial charge in [-0.1, -0.05) is 188 Å². The van der Waals surface area contributed by atoms with Gasteiger partial charge in [0.25, 0.3) is 0 Å². The number of furan rings is 1. The molecule has 12 rings (SSSR count). The summed E-state index contributed by atoms with van der Waals surface area (Å²) in [5.74, 6) is 1.79. The Balaban J connectivity index is 1.03. The number of rotatable bonds is 7. The third kappa shape index (κ3) is 6.51. The third-order valence-corrected chi connectivity index (χ3v) is 11.9. The Labute approximate surface area is 363 Å². The molecule has 5 nitrogen and oxygen atoms in total. The number of hydrogen-bond acceptors (Lipinski definition) is 5. The Bertz CT molecular complexity index is 3560. The van der Waals surface area contributed by atoms with Crippen LogP contribution in [0.1, 0.15) is 0 Å². The van der Waals surface area contributed by atoms with Crippen LogP contribution in [0, 0.1) is 0 Å². The van der Waals surface area contributed by atoms with Gasteiger partial charge in [0.15, 0.2) is 17.5 Å². The van der Waals surface area contributed by atoms with Gasteiger partial charge in [0, 0.05) is 54.7 Å². The van der Waals surface area contributed by atoms with Crippen molar-refractivity contribution in [1.29, 1.82) is 0 Å². The number of nitrogens with zero attached hydrogens (tertiary/aromatic N) is 4. The molecule has 0 saturated heterocycles. The number of fused-ring (bicyclic) bond motifs is 6. The van der Waals surface area contributed by atoms with E-state index >= 15 is 0 Å². The van der Waals surface area contributed by atoms with E-state index in [-0.39, 0.29) is 0 Å². The van der Waals surface area contributed by atoms with Crippen LogP contribution in [0.2, 0.25) is 0 Å². The van der Waals surface area contributed by atoms with Crippen LogP contribution in [-0.2, 0) is 0 Å². The summed E-state index contributed by atoms with van der Waals surface area (Å²) in [7, 11) is 0. The van der Waals surface area contributed by atoms with Gasteiger partial charge in [-0.15, -0.1) is 0 Å². The predicted octanol–water partition coefficient (Wildman–Crippen LogP) is 15.1. The predicted molar refractivity (Wildman–Crippen MR) is 258 cm³/mol. The Morgan fingerprint density at radius 3 is 1.37 bits per heavy atom. The lowest BCUT2D eigenvalue weighted by Gasteiger charge is -2.16. The lowest BCUT2D eigenvalue weighted by atomic mass is 9.89. The molecular weight excluding hydrogens is 769 g/mol. The highest BCUT2D eigenvalue weighted by atomic mass is 16.3. The van der Waals surface area contributed by atoms with Gasteiger partial charge in [-0.3, -0.25) is 0 Å². The van der Waals surface area contributed by atoms with Crippen molar-refractivity contribution in [2.75, 3.05) is 0 Å². The highest BCUT2D eigenvalue weighted by molar-refractivity contribution is 6.27. The first-order chi connectivity index (χ1) is 31.2. The lowest BCUT2D eigenvalue weighted by molar-refractivity contribution is 0.669. The maximum absolute atomic E-state index is 6.61. The summed E-state index contributed by atoms with van der Waals surface area (Å²) in [5, 5.41) is 5.46. The van der Waals surface area contributed by atoms with Crippen LogP contribution in [-0.4, -0.2) is 19.9 Å². The summed E-state index contributed by atoms with van der Waals surface area (Å²) in [6, 6.07) is 75.6. The van der Waals surface area contributed by atoms with E-state index in [1.807, 2.05) is 24.3 Å². The largest absolute Gasteiger partial charge is 0.456 e. The Morgan fingerprint density at radius 2 is 0.746 bits per heavy atom. The number of pyridine rings is 1. The van der Waals surface area contributed by atoms with E-state index < -0.39 is 0 Å². The molecule has 0 amide bonds. The summed E-state index contributed by atoms with van der Waals surface area (Å²) in [6.45, 7) is 0. The maximum atomic E-state index is 6.61. The van der Waals surface area contributed by atoms with Crippen molar-refractivity contribution >= 4 is 43.6 Å². The van der Waals surface area contributed by atoms with Crippen molar-refractivity contribution in [2.45, 2.75) is 0 Å². The highest BCUT2D eigenvalue weighted by Gasteiger charge is 2.22. The first kappa shape index (κ1) is 36.3. The fourth-order valence-electron chi connectivity index (χ4n) is 8.91. The van der Waals surface area contributed by atoms with Gasteiger partial charge >= 0.3 is 0 Å². The molecule has 0 aliphatic rings. The average Bonchev–Trinajstić information content (AvgIpc) is 3.74. The van der Waals surface area contributed by atoms with Crippen LogP contribution in [0.4, 0.5) is 0 Å². The van der Waals surface area contributed by atoms with E-state index in [1.54, 1.807) is 0 Å². The summed E-state index contributed by atoms with van der Waals surface area (Å²) in [4.78, 5) is 20.8. The van der Waals surface area contributed by atoms with Crippen molar-refractivity contribution in [3.63, 3.8) is 0 Å². The van der Waals surface area contributed by atoms with Crippen molar-refractivity contribution in [2.24, 2.45) is 0 Å². The van der Waals surface area contributed by atoms with Crippen LogP contribution >= 0.6 is 0 Å². The SMILES string of the molecule is c1ccc(-c2cccc(-c3nc(-c4ccc(-c5nc6ccccc6c6c(-c7ccccc7)c7c(cc56)oc5ccccc57)cc4)nc(-c4cccc(-c5ccccc5)c4)n3)c2)cc1.